The molecule has 0 radical (unpaired) electrons. The number of aliphatic hydroxyl groups excluding tert-OH is 1. The topological polar surface area (TPSA) is 121 Å². The molecular formula is C23H37NO9. The summed E-state index contributed by atoms with van der Waals surface area (Å²) < 4.78 is 27.3. The van der Waals surface area contributed by atoms with E-state index in [4.69, 9.17) is 23.7 Å². The van der Waals surface area contributed by atoms with Gasteiger partial charge in [-0.2, -0.15) is 4.90 Å². The maximum Gasteiger partial charge on any atom is 0.420 e. The molecule has 1 aliphatic rings. The van der Waals surface area contributed by atoms with Gasteiger partial charge < -0.3 is 28.8 Å². The Labute approximate surface area is 195 Å². The molecule has 0 aromatic carbocycles. The Morgan fingerprint density at radius 2 is 1.61 bits per heavy atom. The molecule has 1 fully saturated rings. The standard InChI is InChI=1S/C23H37NO9/c1-10-15(11-2)31-18-14(3)30-19(26)16(12-29-13-17(18)25)24(20(27)32-22(4,5)6)21(28)33-23(7,8)9/h10-11,14,16-18,25H,1,12-13H2,2-9H3. The molecular weight excluding hydrogens is 434 g/mol. The van der Waals surface area contributed by atoms with Gasteiger partial charge in [0.1, 0.15) is 29.2 Å². The molecule has 10 heteroatoms. The molecule has 4 atom stereocenters. The van der Waals surface area contributed by atoms with Crippen LogP contribution in [0.3, 0.4) is 0 Å². The third kappa shape index (κ3) is 9.05. The lowest BCUT2D eigenvalue weighted by Gasteiger charge is -2.32. The molecule has 0 spiro atoms. The van der Waals surface area contributed by atoms with Crippen LogP contribution in [0.15, 0.2) is 24.5 Å². The molecule has 188 valence electrons. The Bertz CT molecular complexity index is 720. The number of rotatable bonds is 4. The smallest absolute Gasteiger partial charge is 0.420 e. The average molecular weight is 472 g/mol. The first kappa shape index (κ1) is 28.4. The largest absolute Gasteiger partial charge is 0.484 e. The maximum absolute atomic E-state index is 13.1. The van der Waals surface area contributed by atoms with E-state index in [1.54, 1.807) is 54.5 Å². The van der Waals surface area contributed by atoms with E-state index in [-0.39, 0.29) is 6.61 Å². The lowest BCUT2D eigenvalue weighted by atomic mass is 10.1. The van der Waals surface area contributed by atoms with Gasteiger partial charge in [0.25, 0.3) is 0 Å². The first-order valence-corrected chi connectivity index (χ1v) is 10.8. The molecule has 0 bridgehead atoms. The summed E-state index contributed by atoms with van der Waals surface area (Å²) in [6, 6.07) is -1.51. The fraction of sp³-hybridized carbons (Fsp3) is 0.696. The number of carbonyl (C=O) groups excluding carboxylic acids is 3. The number of esters is 1. The summed E-state index contributed by atoms with van der Waals surface area (Å²) in [6.45, 7) is 15.9. The lowest BCUT2D eigenvalue weighted by molar-refractivity contribution is -0.163. The van der Waals surface area contributed by atoms with Crippen molar-refractivity contribution in [2.45, 2.75) is 90.9 Å². The monoisotopic (exact) mass is 471 g/mol. The summed E-state index contributed by atoms with van der Waals surface area (Å²) in [5.41, 5.74) is -1.90. The van der Waals surface area contributed by atoms with Crippen LogP contribution in [0.4, 0.5) is 9.59 Å². The molecule has 0 saturated carbocycles. The minimum atomic E-state index is -1.51. The maximum atomic E-state index is 13.1. The predicted octanol–water partition coefficient (Wildman–Crippen LogP) is 3.33. The van der Waals surface area contributed by atoms with Gasteiger partial charge >= 0.3 is 18.2 Å². The number of allylic oxidation sites excluding steroid dienone is 2. The van der Waals surface area contributed by atoms with Crippen molar-refractivity contribution < 1.29 is 43.2 Å². The second-order valence-electron chi connectivity index (χ2n) is 9.57. The number of hydrogen-bond acceptors (Lipinski definition) is 9. The summed E-state index contributed by atoms with van der Waals surface area (Å²) in [5.74, 6) is -0.565. The van der Waals surface area contributed by atoms with E-state index in [9.17, 15) is 19.5 Å². The highest BCUT2D eigenvalue weighted by Gasteiger charge is 2.44. The average Bonchev–Trinajstić information content (AvgIpc) is 2.68. The van der Waals surface area contributed by atoms with Crippen molar-refractivity contribution in [3.63, 3.8) is 0 Å². The Kier molecular flexibility index (Phi) is 9.92. The number of carbonyl (C=O) groups is 3. The second kappa shape index (κ2) is 11.5. The number of cyclic esters (lactones) is 1. The zero-order chi connectivity index (χ0) is 25.6. The Morgan fingerprint density at radius 1 is 1.09 bits per heavy atom. The summed E-state index contributed by atoms with van der Waals surface area (Å²) in [4.78, 5) is 39.4. The highest BCUT2D eigenvalue weighted by Crippen LogP contribution is 2.22. The Morgan fingerprint density at radius 3 is 2.03 bits per heavy atom. The predicted molar refractivity (Wildman–Crippen MR) is 119 cm³/mol. The van der Waals surface area contributed by atoms with Crippen molar-refractivity contribution in [3.05, 3.63) is 24.5 Å². The van der Waals surface area contributed by atoms with Gasteiger partial charge in [0, 0.05) is 0 Å². The molecule has 0 aliphatic carbocycles. The quantitative estimate of drug-likeness (QED) is 0.285. The molecule has 1 saturated heterocycles. The van der Waals surface area contributed by atoms with Crippen molar-refractivity contribution in [1.29, 1.82) is 0 Å². The number of imide groups is 1. The minimum Gasteiger partial charge on any atom is -0.484 e. The first-order chi connectivity index (χ1) is 15.1. The number of hydrogen-bond donors (Lipinski definition) is 1. The van der Waals surface area contributed by atoms with E-state index in [0.717, 1.165) is 0 Å². The third-order valence-corrected chi connectivity index (χ3v) is 4.23. The Balaban J connectivity index is 3.28. The van der Waals surface area contributed by atoms with Crippen molar-refractivity contribution in [2.24, 2.45) is 0 Å². The van der Waals surface area contributed by atoms with Crippen molar-refractivity contribution in [1.82, 2.24) is 4.90 Å². The summed E-state index contributed by atoms with van der Waals surface area (Å²) in [6.07, 6.45) is -2.20. The normalized spacial score (nSPS) is 25.0. The summed E-state index contributed by atoms with van der Waals surface area (Å²) >= 11 is 0. The molecule has 10 nitrogen and oxygen atoms in total. The van der Waals surface area contributed by atoms with Gasteiger partial charge in [0.15, 0.2) is 12.1 Å². The third-order valence-electron chi connectivity index (χ3n) is 4.23. The summed E-state index contributed by atoms with van der Waals surface area (Å²) in [7, 11) is 0. The van der Waals surface area contributed by atoms with Crippen LogP contribution < -0.4 is 0 Å². The van der Waals surface area contributed by atoms with Crippen LogP contribution in [0, 0.1) is 0 Å². The van der Waals surface area contributed by atoms with E-state index in [2.05, 4.69) is 6.58 Å². The molecule has 1 heterocycles. The number of aliphatic hydroxyl groups is 1. The first-order valence-electron chi connectivity index (χ1n) is 10.8. The van der Waals surface area contributed by atoms with Gasteiger partial charge in [-0.15, -0.1) is 0 Å². The van der Waals surface area contributed by atoms with Gasteiger partial charge in [0.05, 0.1) is 13.2 Å². The number of ether oxygens (including phenoxy) is 5. The molecule has 1 rings (SSSR count). The molecule has 1 aliphatic heterocycles. The second-order valence-corrected chi connectivity index (χ2v) is 9.57. The van der Waals surface area contributed by atoms with Crippen LogP contribution in [-0.2, 0) is 28.5 Å². The van der Waals surface area contributed by atoms with E-state index < -0.39 is 60.3 Å². The van der Waals surface area contributed by atoms with Crippen molar-refractivity contribution >= 4 is 18.2 Å². The highest BCUT2D eigenvalue weighted by molar-refractivity contribution is 5.94. The van der Waals surface area contributed by atoms with Crippen LogP contribution in [0.5, 0.6) is 0 Å². The molecule has 4 unspecified atom stereocenters. The molecule has 2 amide bonds. The van der Waals surface area contributed by atoms with Gasteiger partial charge in [0.2, 0.25) is 0 Å². The van der Waals surface area contributed by atoms with E-state index in [0.29, 0.717) is 10.7 Å². The van der Waals surface area contributed by atoms with E-state index in [1.807, 2.05) is 0 Å². The zero-order valence-electron chi connectivity index (χ0n) is 20.7. The van der Waals surface area contributed by atoms with Gasteiger partial charge in [-0.05, 0) is 67.5 Å². The van der Waals surface area contributed by atoms with Crippen molar-refractivity contribution in [3.8, 4) is 0 Å². The fourth-order valence-electron chi connectivity index (χ4n) is 2.80. The van der Waals surface area contributed by atoms with Crippen LogP contribution in [0.2, 0.25) is 0 Å². The van der Waals surface area contributed by atoms with E-state index in [1.165, 1.54) is 13.0 Å². The SMILES string of the molecule is C=CC(=CC)OC1C(O)COCC(N(C(=O)OC(C)(C)C)C(=O)OC(C)(C)C)C(=O)OC1C. The van der Waals surface area contributed by atoms with Crippen LogP contribution >= 0.6 is 0 Å². The number of nitrogens with zero attached hydrogens (tertiary/aromatic N) is 1. The molecule has 1 N–H and O–H groups in total. The minimum absolute atomic E-state index is 0.243. The van der Waals surface area contributed by atoms with Gasteiger partial charge in [-0.3, -0.25) is 0 Å². The highest BCUT2D eigenvalue weighted by atomic mass is 16.6. The molecule has 0 aromatic rings. The zero-order valence-corrected chi connectivity index (χ0v) is 20.7. The summed E-state index contributed by atoms with van der Waals surface area (Å²) in [5, 5.41) is 10.5. The number of amides is 2. The fourth-order valence-corrected chi connectivity index (χ4v) is 2.80. The van der Waals surface area contributed by atoms with Crippen LogP contribution in [-0.4, -0.2) is 76.9 Å². The molecule has 33 heavy (non-hydrogen) atoms. The van der Waals surface area contributed by atoms with E-state index >= 15 is 0 Å². The lowest BCUT2D eigenvalue weighted by Crippen LogP contribution is -2.54. The molecule has 0 aromatic heterocycles. The van der Waals surface area contributed by atoms with Crippen LogP contribution in [0.25, 0.3) is 0 Å². The van der Waals surface area contributed by atoms with Crippen LogP contribution in [0.1, 0.15) is 55.4 Å². The van der Waals surface area contributed by atoms with Crippen molar-refractivity contribution in [2.75, 3.05) is 13.2 Å². The van der Waals surface area contributed by atoms with Gasteiger partial charge in [-0.1, -0.05) is 6.58 Å². The Hall–Kier alpha value is -2.59. The van der Waals surface area contributed by atoms with Gasteiger partial charge in [-0.25, -0.2) is 14.4 Å².